The van der Waals surface area contributed by atoms with Crippen molar-refractivity contribution in [2.45, 2.75) is 13.2 Å². The molecule has 0 radical (unpaired) electrons. The van der Waals surface area contributed by atoms with E-state index in [4.69, 9.17) is 4.74 Å². The molecule has 3 aromatic rings. The average Bonchev–Trinajstić information content (AvgIpc) is 3.03. The lowest BCUT2D eigenvalue weighted by Crippen LogP contribution is -2.27. The van der Waals surface area contributed by atoms with Crippen molar-refractivity contribution >= 4 is 51.6 Å². The van der Waals surface area contributed by atoms with Gasteiger partial charge in [0, 0.05) is 3.57 Å². The molecule has 1 saturated heterocycles. The molecule has 0 unspecified atom stereocenters. The van der Waals surface area contributed by atoms with Crippen LogP contribution in [-0.4, -0.2) is 16.0 Å². The number of amides is 2. The van der Waals surface area contributed by atoms with Crippen molar-refractivity contribution in [3.05, 3.63) is 104 Å². The largest absolute Gasteiger partial charge is 0.489 e. The van der Waals surface area contributed by atoms with Gasteiger partial charge in [-0.3, -0.25) is 14.5 Å². The molecule has 4 nitrogen and oxygen atoms in total. The van der Waals surface area contributed by atoms with Crippen molar-refractivity contribution < 1.29 is 14.3 Å². The molecule has 0 saturated carbocycles. The summed E-state index contributed by atoms with van der Waals surface area (Å²) in [5.74, 6) is 0.496. The van der Waals surface area contributed by atoms with E-state index in [0.717, 1.165) is 37.8 Å². The zero-order valence-electron chi connectivity index (χ0n) is 16.0. The molecule has 0 aromatic heterocycles. The van der Waals surface area contributed by atoms with E-state index < -0.39 is 0 Å². The normalized spacial score (nSPS) is 15.1. The van der Waals surface area contributed by atoms with Gasteiger partial charge in [-0.2, -0.15) is 0 Å². The van der Waals surface area contributed by atoms with Gasteiger partial charge in [0.05, 0.1) is 11.4 Å². The van der Waals surface area contributed by atoms with Gasteiger partial charge in [0.25, 0.3) is 11.1 Å². The van der Waals surface area contributed by atoms with E-state index in [1.807, 2.05) is 78.9 Å². The number of halogens is 1. The molecule has 0 atom stereocenters. The molecule has 30 heavy (non-hydrogen) atoms. The molecule has 6 heteroatoms. The number of carbonyl (C=O) groups is 2. The number of ether oxygens (including phenoxy) is 1. The third-order valence-corrected chi connectivity index (χ3v) is 6.18. The summed E-state index contributed by atoms with van der Waals surface area (Å²) in [5, 5.41) is -0.243. The molecule has 1 aliphatic heterocycles. The summed E-state index contributed by atoms with van der Waals surface area (Å²) in [6.07, 6.45) is 1.75. The summed E-state index contributed by atoms with van der Waals surface area (Å²) in [7, 11) is 0. The van der Waals surface area contributed by atoms with E-state index >= 15 is 0 Å². The Hall–Kier alpha value is -2.58. The molecule has 1 heterocycles. The molecule has 3 aromatic carbocycles. The second-order valence-electron chi connectivity index (χ2n) is 6.74. The lowest BCUT2D eigenvalue weighted by molar-refractivity contribution is -0.123. The number of rotatable bonds is 6. The van der Waals surface area contributed by atoms with Crippen molar-refractivity contribution in [2.75, 3.05) is 0 Å². The fourth-order valence-electron chi connectivity index (χ4n) is 2.96. The number of benzene rings is 3. The quantitative estimate of drug-likeness (QED) is 0.287. The van der Waals surface area contributed by atoms with Crippen LogP contribution in [0.15, 0.2) is 83.8 Å². The Labute approximate surface area is 193 Å². The second kappa shape index (κ2) is 9.49. The molecule has 150 valence electrons. The Kier molecular flexibility index (Phi) is 6.54. The van der Waals surface area contributed by atoms with Crippen LogP contribution < -0.4 is 4.74 Å². The molecule has 2 amide bonds. The number of imide groups is 1. The Balaban J connectivity index is 1.41. The zero-order valence-corrected chi connectivity index (χ0v) is 18.9. The van der Waals surface area contributed by atoms with Crippen LogP contribution in [0.2, 0.25) is 0 Å². The van der Waals surface area contributed by atoms with Crippen LogP contribution in [0.5, 0.6) is 5.75 Å². The van der Waals surface area contributed by atoms with Gasteiger partial charge in [0.15, 0.2) is 0 Å². The third kappa shape index (κ3) is 5.12. The van der Waals surface area contributed by atoms with E-state index in [-0.39, 0.29) is 17.7 Å². The van der Waals surface area contributed by atoms with Crippen molar-refractivity contribution in [3.63, 3.8) is 0 Å². The lowest BCUT2D eigenvalue weighted by Gasteiger charge is -2.12. The highest BCUT2D eigenvalue weighted by Gasteiger charge is 2.34. The van der Waals surface area contributed by atoms with Crippen molar-refractivity contribution in [1.82, 2.24) is 4.90 Å². The molecular formula is C24H18INO3S. The fraction of sp³-hybridized carbons (Fsp3) is 0.0833. The summed E-state index contributed by atoms with van der Waals surface area (Å²) in [6, 6.07) is 25.3. The molecule has 4 rings (SSSR count). The van der Waals surface area contributed by atoms with Crippen LogP contribution in [0.1, 0.15) is 16.7 Å². The monoisotopic (exact) mass is 527 g/mol. The maximum Gasteiger partial charge on any atom is 0.293 e. The third-order valence-electron chi connectivity index (χ3n) is 4.55. The fourth-order valence-corrected chi connectivity index (χ4v) is 4.16. The first-order valence-electron chi connectivity index (χ1n) is 9.35. The number of hydrogen-bond donors (Lipinski definition) is 0. The first kappa shape index (κ1) is 20.7. The average molecular weight is 527 g/mol. The van der Waals surface area contributed by atoms with Crippen LogP contribution in [0, 0.1) is 3.57 Å². The number of nitrogens with zero attached hydrogens (tertiary/aromatic N) is 1. The summed E-state index contributed by atoms with van der Waals surface area (Å²) in [4.78, 5) is 26.8. The van der Waals surface area contributed by atoms with E-state index in [1.54, 1.807) is 6.08 Å². The minimum absolute atomic E-state index is 0.243. The highest BCUT2D eigenvalue weighted by atomic mass is 127. The SMILES string of the molecule is O=C1S/C(=C\c2ccc(OCc3ccccc3)cc2)C(=O)N1Cc1ccc(I)cc1. The van der Waals surface area contributed by atoms with Crippen LogP contribution in [0.25, 0.3) is 6.08 Å². The van der Waals surface area contributed by atoms with Crippen LogP contribution >= 0.6 is 34.4 Å². The molecule has 0 N–H and O–H groups in total. The summed E-state index contributed by atoms with van der Waals surface area (Å²) >= 11 is 3.20. The van der Waals surface area contributed by atoms with E-state index in [9.17, 15) is 9.59 Å². The Bertz CT molecular complexity index is 1080. The second-order valence-corrected chi connectivity index (χ2v) is 8.98. The minimum atomic E-state index is -0.257. The molecule has 1 fully saturated rings. The van der Waals surface area contributed by atoms with Gasteiger partial charge >= 0.3 is 0 Å². The maximum atomic E-state index is 12.7. The molecule has 0 aliphatic carbocycles. The summed E-state index contributed by atoms with van der Waals surface area (Å²) in [5.41, 5.74) is 2.88. The van der Waals surface area contributed by atoms with Crippen LogP contribution in [0.4, 0.5) is 4.79 Å². The van der Waals surface area contributed by atoms with E-state index in [1.165, 1.54) is 4.90 Å². The first-order valence-corrected chi connectivity index (χ1v) is 11.2. The number of thioether (sulfide) groups is 1. The smallest absolute Gasteiger partial charge is 0.293 e. The summed E-state index contributed by atoms with van der Waals surface area (Å²) < 4.78 is 6.90. The van der Waals surface area contributed by atoms with Crippen molar-refractivity contribution in [2.24, 2.45) is 0 Å². The Morgan fingerprint density at radius 2 is 1.57 bits per heavy atom. The van der Waals surface area contributed by atoms with Gasteiger partial charge in [0.1, 0.15) is 12.4 Å². The highest BCUT2D eigenvalue weighted by molar-refractivity contribution is 14.1. The number of hydrogen-bond acceptors (Lipinski definition) is 4. The maximum absolute atomic E-state index is 12.7. The molecular weight excluding hydrogens is 509 g/mol. The predicted molar refractivity (Wildman–Crippen MR) is 128 cm³/mol. The van der Waals surface area contributed by atoms with Gasteiger partial charge in [-0.1, -0.05) is 54.6 Å². The molecule has 1 aliphatic rings. The minimum Gasteiger partial charge on any atom is -0.489 e. The standard InChI is InChI=1S/C24H18INO3S/c25-20-10-6-18(7-11-20)15-26-23(27)22(30-24(26)28)14-17-8-12-21(13-9-17)29-16-19-4-2-1-3-5-19/h1-14H,15-16H2/b22-14-. The first-order chi connectivity index (χ1) is 14.6. The van der Waals surface area contributed by atoms with E-state index in [0.29, 0.717) is 11.5 Å². The van der Waals surface area contributed by atoms with Gasteiger partial charge in [-0.15, -0.1) is 0 Å². The van der Waals surface area contributed by atoms with Gasteiger partial charge in [-0.25, -0.2) is 0 Å². The Morgan fingerprint density at radius 3 is 2.27 bits per heavy atom. The van der Waals surface area contributed by atoms with Gasteiger partial charge < -0.3 is 4.74 Å². The number of carbonyl (C=O) groups excluding carboxylic acids is 2. The van der Waals surface area contributed by atoms with E-state index in [2.05, 4.69) is 22.6 Å². The Morgan fingerprint density at radius 1 is 0.867 bits per heavy atom. The van der Waals surface area contributed by atoms with Crippen LogP contribution in [-0.2, 0) is 17.9 Å². The predicted octanol–water partition coefficient (Wildman–Crippen LogP) is 6.11. The molecule has 0 bridgehead atoms. The topological polar surface area (TPSA) is 46.6 Å². The van der Waals surface area contributed by atoms with Gasteiger partial charge in [0.2, 0.25) is 0 Å². The van der Waals surface area contributed by atoms with Crippen LogP contribution in [0.3, 0.4) is 0 Å². The summed E-state index contributed by atoms with van der Waals surface area (Å²) in [6.45, 7) is 0.781. The van der Waals surface area contributed by atoms with Gasteiger partial charge in [-0.05, 0) is 81.4 Å². The lowest BCUT2D eigenvalue weighted by atomic mass is 10.2. The van der Waals surface area contributed by atoms with Crippen molar-refractivity contribution in [1.29, 1.82) is 0 Å². The highest BCUT2D eigenvalue weighted by Crippen LogP contribution is 2.33. The molecule has 0 spiro atoms. The van der Waals surface area contributed by atoms with Crippen molar-refractivity contribution in [3.8, 4) is 5.75 Å². The zero-order chi connectivity index (χ0) is 20.9.